The van der Waals surface area contributed by atoms with Crippen molar-refractivity contribution >= 4 is 22.6 Å². The van der Waals surface area contributed by atoms with Crippen molar-refractivity contribution in [2.24, 2.45) is 0 Å². The van der Waals surface area contributed by atoms with Crippen LogP contribution in [0, 0.1) is 10.5 Å². The Morgan fingerprint density at radius 2 is 1.94 bits per heavy atom. The van der Waals surface area contributed by atoms with Gasteiger partial charge in [0.1, 0.15) is 0 Å². The van der Waals surface area contributed by atoms with Gasteiger partial charge in [-0.15, -0.1) is 0 Å². The van der Waals surface area contributed by atoms with Gasteiger partial charge in [-0.25, -0.2) is 0 Å². The Morgan fingerprint density at radius 3 is 2.56 bits per heavy atom. The van der Waals surface area contributed by atoms with E-state index in [1.165, 1.54) is 14.7 Å². The number of halogens is 1. The Kier molecular flexibility index (Phi) is 4.72. The molecule has 18 heavy (non-hydrogen) atoms. The number of aromatic nitrogens is 1. The minimum Gasteiger partial charge on any atom is -0.313 e. The third-order valence-corrected chi connectivity index (χ3v) is 3.86. The van der Waals surface area contributed by atoms with Gasteiger partial charge in [-0.2, -0.15) is 0 Å². The molecule has 1 N–H and O–H groups in total. The van der Waals surface area contributed by atoms with Crippen LogP contribution in [0.25, 0.3) is 0 Å². The van der Waals surface area contributed by atoms with E-state index in [1.807, 2.05) is 19.3 Å². The van der Waals surface area contributed by atoms with E-state index in [0.29, 0.717) is 6.04 Å². The summed E-state index contributed by atoms with van der Waals surface area (Å²) in [5.74, 6) is 0. The van der Waals surface area contributed by atoms with Gasteiger partial charge in [0.2, 0.25) is 0 Å². The highest BCUT2D eigenvalue weighted by Crippen LogP contribution is 2.19. The Bertz CT molecular complexity index is 508. The quantitative estimate of drug-likeness (QED) is 0.852. The van der Waals surface area contributed by atoms with Gasteiger partial charge in [0.25, 0.3) is 0 Å². The minimum absolute atomic E-state index is 0.315. The van der Waals surface area contributed by atoms with Crippen LogP contribution in [0.2, 0.25) is 0 Å². The Balaban J connectivity index is 2.20. The second-order valence-electron chi connectivity index (χ2n) is 4.36. The monoisotopic (exact) mass is 352 g/mol. The van der Waals surface area contributed by atoms with Crippen LogP contribution in [0.15, 0.2) is 42.6 Å². The van der Waals surface area contributed by atoms with Gasteiger partial charge < -0.3 is 5.32 Å². The molecule has 1 aromatic carbocycles. The lowest BCUT2D eigenvalue weighted by molar-refractivity contribution is 0.582. The molecule has 0 saturated carbocycles. The molecule has 0 saturated heterocycles. The van der Waals surface area contributed by atoms with Crippen LogP contribution in [0.3, 0.4) is 0 Å². The second-order valence-corrected chi connectivity index (χ2v) is 5.61. The van der Waals surface area contributed by atoms with Crippen molar-refractivity contribution in [2.75, 3.05) is 7.05 Å². The summed E-state index contributed by atoms with van der Waals surface area (Å²) in [5.41, 5.74) is 3.72. The van der Waals surface area contributed by atoms with Gasteiger partial charge in [0.15, 0.2) is 0 Å². The summed E-state index contributed by atoms with van der Waals surface area (Å²) < 4.78 is 1.26. The van der Waals surface area contributed by atoms with E-state index in [2.05, 4.69) is 70.1 Å². The first-order valence-electron chi connectivity index (χ1n) is 6.04. The van der Waals surface area contributed by atoms with Gasteiger partial charge >= 0.3 is 0 Å². The van der Waals surface area contributed by atoms with Crippen molar-refractivity contribution in [2.45, 2.75) is 19.4 Å². The molecule has 0 aliphatic heterocycles. The molecule has 2 nitrogen and oxygen atoms in total. The number of aryl methyl sites for hydroxylation is 1. The molecule has 2 aromatic rings. The molecule has 1 atom stereocenters. The standard InChI is InChI=1S/C15H17IN2/c1-11-4-3-9-18-14(11)10-15(17-2)12-5-7-13(16)8-6-12/h3-9,15,17H,10H2,1-2H3. The van der Waals surface area contributed by atoms with Crippen LogP contribution in [0.1, 0.15) is 22.9 Å². The fourth-order valence-corrected chi connectivity index (χ4v) is 2.37. The lowest BCUT2D eigenvalue weighted by atomic mass is 10.00. The molecule has 94 valence electrons. The highest BCUT2D eigenvalue weighted by atomic mass is 127. The van der Waals surface area contributed by atoms with Crippen LogP contribution in [-0.2, 0) is 6.42 Å². The van der Waals surface area contributed by atoms with E-state index < -0.39 is 0 Å². The molecule has 0 fully saturated rings. The van der Waals surface area contributed by atoms with Crippen LogP contribution in [0.4, 0.5) is 0 Å². The number of likely N-dealkylation sites (N-methyl/N-ethyl adjacent to an activating group) is 1. The fourth-order valence-electron chi connectivity index (χ4n) is 2.01. The zero-order valence-electron chi connectivity index (χ0n) is 10.7. The average Bonchev–Trinajstić information content (AvgIpc) is 2.39. The SMILES string of the molecule is CNC(Cc1ncccc1C)c1ccc(I)cc1. The maximum Gasteiger partial charge on any atom is 0.0451 e. The molecule has 1 aromatic heterocycles. The van der Waals surface area contributed by atoms with Crippen molar-refractivity contribution in [1.82, 2.24) is 10.3 Å². The molecule has 1 heterocycles. The van der Waals surface area contributed by atoms with Gasteiger partial charge in [0, 0.05) is 27.9 Å². The summed E-state index contributed by atoms with van der Waals surface area (Å²) in [6.07, 6.45) is 2.78. The first kappa shape index (κ1) is 13.5. The van der Waals surface area contributed by atoms with E-state index in [-0.39, 0.29) is 0 Å². The Hall–Kier alpha value is -0.940. The normalized spacial score (nSPS) is 12.4. The van der Waals surface area contributed by atoms with E-state index in [0.717, 1.165) is 12.1 Å². The highest BCUT2D eigenvalue weighted by Gasteiger charge is 2.11. The lowest BCUT2D eigenvalue weighted by Crippen LogP contribution is -2.19. The number of hydrogen-bond acceptors (Lipinski definition) is 2. The maximum atomic E-state index is 4.47. The zero-order chi connectivity index (χ0) is 13.0. The van der Waals surface area contributed by atoms with Gasteiger partial charge in [0.05, 0.1) is 0 Å². The average molecular weight is 352 g/mol. The summed E-state index contributed by atoms with van der Waals surface area (Å²) in [6.45, 7) is 2.11. The summed E-state index contributed by atoms with van der Waals surface area (Å²) in [7, 11) is 2.00. The molecule has 0 aliphatic carbocycles. The topological polar surface area (TPSA) is 24.9 Å². The largest absolute Gasteiger partial charge is 0.313 e. The predicted molar refractivity (Wildman–Crippen MR) is 83.6 cm³/mol. The van der Waals surface area contributed by atoms with E-state index >= 15 is 0 Å². The lowest BCUT2D eigenvalue weighted by Gasteiger charge is -2.17. The smallest absolute Gasteiger partial charge is 0.0451 e. The van der Waals surface area contributed by atoms with Crippen LogP contribution >= 0.6 is 22.6 Å². The molecule has 0 spiro atoms. The molecule has 1 unspecified atom stereocenters. The molecule has 0 aliphatic rings. The van der Waals surface area contributed by atoms with Crippen molar-refractivity contribution in [1.29, 1.82) is 0 Å². The third kappa shape index (κ3) is 3.29. The molecule has 0 amide bonds. The zero-order valence-corrected chi connectivity index (χ0v) is 12.8. The van der Waals surface area contributed by atoms with E-state index in [9.17, 15) is 0 Å². The molecule has 0 radical (unpaired) electrons. The van der Waals surface area contributed by atoms with Crippen molar-refractivity contribution in [3.8, 4) is 0 Å². The number of hydrogen-bond donors (Lipinski definition) is 1. The number of nitrogens with one attached hydrogen (secondary N) is 1. The summed E-state index contributed by atoms with van der Waals surface area (Å²) in [6, 6.07) is 13.1. The first-order valence-corrected chi connectivity index (χ1v) is 7.12. The Morgan fingerprint density at radius 1 is 1.22 bits per heavy atom. The van der Waals surface area contributed by atoms with E-state index in [4.69, 9.17) is 0 Å². The van der Waals surface area contributed by atoms with Crippen LogP contribution in [-0.4, -0.2) is 12.0 Å². The van der Waals surface area contributed by atoms with Crippen LogP contribution < -0.4 is 5.32 Å². The third-order valence-electron chi connectivity index (χ3n) is 3.14. The molecular weight excluding hydrogens is 335 g/mol. The van der Waals surface area contributed by atoms with Crippen molar-refractivity contribution < 1.29 is 0 Å². The first-order chi connectivity index (χ1) is 8.70. The number of benzene rings is 1. The highest BCUT2D eigenvalue weighted by molar-refractivity contribution is 14.1. The van der Waals surface area contributed by atoms with Gasteiger partial charge in [-0.1, -0.05) is 18.2 Å². The number of nitrogens with zero attached hydrogens (tertiary/aromatic N) is 1. The van der Waals surface area contributed by atoms with Crippen LogP contribution in [0.5, 0.6) is 0 Å². The van der Waals surface area contributed by atoms with Gasteiger partial charge in [-0.3, -0.25) is 4.98 Å². The molecule has 0 bridgehead atoms. The Labute approximate surface area is 122 Å². The molecule has 3 heteroatoms. The van der Waals surface area contributed by atoms with Gasteiger partial charge in [-0.05, 0) is 65.9 Å². The van der Waals surface area contributed by atoms with E-state index in [1.54, 1.807) is 0 Å². The van der Waals surface area contributed by atoms with Crippen molar-refractivity contribution in [3.63, 3.8) is 0 Å². The summed E-state index contributed by atoms with van der Waals surface area (Å²) in [5, 5.41) is 3.37. The molecule has 2 rings (SSSR count). The summed E-state index contributed by atoms with van der Waals surface area (Å²) in [4.78, 5) is 4.47. The number of rotatable bonds is 4. The molecular formula is C15H17IN2. The number of pyridine rings is 1. The predicted octanol–water partition coefficient (Wildman–Crippen LogP) is 3.50. The minimum atomic E-state index is 0.315. The van der Waals surface area contributed by atoms with Crippen molar-refractivity contribution in [3.05, 3.63) is 63.0 Å². The fraction of sp³-hybridized carbons (Fsp3) is 0.267. The second kappa shape index (κ2) is 6.29. The summed E-state index contributed by atoms with van der Waals surface area (Å²) >= 11 is 2.33. The maximum absolute atomic E-state index is 4.47.